The SMILES string of the molecule is Cc1ccc(Nc2cc(C)nc(Nc3ccc(Br)cc3C)n2)cc1. The van der Waals surface area contributed by atoms with E-state index in [1.54, 1.807) is 0 Å². The Morgan fingerprint density at radius 2 is 1.58 bits per heavy atom. The first-order valence-corrected chi connectivity index (χ1v) is 8.51. The maximum absolute atomic E-state index is 4.57. The van der Waals surface area contributed by atoms with E-state index >= 15 is 0 Å². The molecule has 4 nitrogen and oxygen atoms in total. The summed E-state index contributed by atoms with van der Waals surface area (Å²) in [6, 6.07) is 16.2. The molecule has 0 amide bonds. The molecule has 122 valence electrons. The summed E-state index contributed by atoms with van der Waals surface area (Å²) in [6.45, 7) is 6.08. The van der Waals surface area contributed by atoms with Crippen LogP contribution in [0.4, 0.5) is 23.1 Å². The molecule has 0 aliphatic rings. The Balaban J connectivity index is 1.84. The number of nitrogens with one attached hydrogen (secondary N) is 2. The lowest BCUT2D eigenvalue weighted by Crippen LogP contribution is -2.03. The van der Waals surface area contributed by atoms with Gasteiger partial charge in [-0.05, 0) is 56.7 Å². The van der Waals surface area contributed by atoms with E-state index in [1.165, 1.54) is 5.56 Å². The van der Waals surface area contributed by atoms with E-state index in [0.29, 0.717) is 5.95 Å². The molecule has 0 bridgehead atoms. The highest BCUT2D eigenvalue weighted by molar-refractivity contribution is 9.10. The molecule has 1 heterocycles. The third-order valence-corrected chi connectivity index (χ3v) is 4.11. The summed E-state index contributed by atoms with van der Waals surface area (Å²) < 4.78 is 1.05. The Morgan fingerprint density at radius 3 is 2.29 bits per heavy atom. The number of hydrogen-bond donors (Lipinski definition) is 2. The second kappa shape index (κ2) is 7.01. The molecule has 2 aromatic carbocycles. The van der Waals surface area contributed by atoms with Crippen LogP contribution in [-0.2, 0) is 0 Å². The van der Waals surface area contributed by atoms with Crippen LogP contribution in [0.3, 0.4) is 0 Å². The molecule has 0 unspecified atom stereocenters. The molecular weight excluding hydrogens is 364 g/mol. The van der Waals surface area contributed by atoms with Crippen LogP contribution in [0.1, 0.15) is 16.8 Å². The molecular formula is C19H19BrN4. The molecule has 3 rings (SSSR count). The van der Waals surface area contributed by atoms with E-state index in [0.717, 1.165) is 32.9 Å². The number of halogens is 1. The molecule has 0 aliphatic heterocycles. The molecule has 1 aromatic heterocycles. The number of aromatic nitrogens is 2. The second-order valence-corrected chi connectivity index (χ2v) is 6.71. The highest BCUT2D eigenvalue weighted by Gasteiger charge is 2.05. The van der Waals surface area contributed by atoms with Gasteiger partial charge in [0.1, 0.15) is 5.82 Å². The van der Waals surface area contributed by atoms with E-state index in [9.17, 15) is 0 Å². The summed E-state index contributed by atoms with van der Waals surface area (Å²) >= 11 is 3.48. The van der Waals surface area contributed by atoms with Crippen LogP contribution >= 0.6 is 15.9 Å². The van der Waals surface area contributed by atoms with Crippen LogP contribution in [0, 0.1) is 20.8 Å². The van der Waals surface area contributed by atoms with Crippen LogP contribution in [0.2, 0.25) is 0 Å². The summed E-state index contributed by atoms with van der Waals surface area (Å²) in [6.07, 6.45) is 0. The monoisotopic (exact) mass is 382 g/mol. The van der Waals surface area contributed by atoms with Gasteiger partial charge >= 0.3 is 0 Å². The number of hydrogen-bond acceptors (Lipinski definition) is 4. The number of rotatable bonds is 4. The van der Waals surface area contributed by atoms with Crippen molar-refractivity contribution < 1.29 is 0 Å². The first kappa shape index (κ1) is 16.5. The maximum Gasteiger partial charge on any atom is 0.229 e. The minimum atomic E-state index is 0.579. The first-order valence-electron chi connectivity index (χ1n) is 7.72. The Kier molecular flexibility index (Phi) is 4.81. The maximum atomic E-state index is 4.57. The fraction of sp³-hybridized carbons (Fsp3) is 0.158. The number of benzene rings is 2. The van der Waals surface area contributed by atoms with Crippen LogP contribution in [0.15, 0.2) is 53.0 Å². The molecule has 0 radical (unpaired) electrons. The fourth-order valence-corrected chi connectivity index (χ4v) is 2.84. The zero-order valence-electron chi connectivity index (χ0n) is 13.9. The molecule has 0 saturated carbocycles. The van der Waals surface area contributed by atoms with Gasteiger partial charge < -0.3 is 10.6 Å². The Hall–Kier alpha value is -2.40. The summed E-state index contributed by atoms with van der Waals surface area (Å²) in [7, 11) is 0. The molecule has 0 saturated heterocycles. The van der Waals surface area contributed by atoms with Crippen molar-refractivity contribution in [2.75, 3.05) is 10.6 Å². The summed E-state index contributed by atoms with van der Waals surface area (Å²) in [5, 5.41) is 6.62. The van der Waals surface area contributed by atoms with E-state index in [4.69, 9.17) is 0 Å². The van der Waals surface area contributed by atoms with Gasteiger partial charge in [-0.15, -0.1) is 0 Å². The second-order valence-electron chi connectivity index (χ2n) is 5.79. The Labute approximate surface area is 150 Å². The highest BCUT2D eigenvalue weighted by atomic mass is 79.9. The summed E-state index contributed by atoms with van der Waals surface area (Å²) in [4.78, 5) is 9.04. The normalized spacial score (nSPS) is 10.5. The Bertz CT molecular complexity index is 860. The van der Waals surface area contributed by atoms with Crippen molar-refractivity contribution in [3.05, 3.63) is 69.8 Å². The van der Waals surface area contributed by atoms with E-state index in [-0.39, 0.29) is 0 Å². The lowest BCUT2D eigenvalue weighted by molar-refractivity contribution is 1.10. The molecule has 3 aromatic rings. The molecule has 0 spiro atoms. The lowest BCUT2D eigenvalue weighted by Gasteiger charge is -2.12. The Morgan fingerprint density at radius 1 is 0.833 bits per heavy atom. The van der Waals surface area contributed by atoms with Crippen molar-refractivity contribution in [2.24, 2.45) is 0 Å². The van der Waals surface area contributed by atoms with Crippen LogP contribution in [0.25, 0.3) is 0 Å². The van der Waals surface area contributed by atoms with Crippen molar-refractivity contribution in [1.29, 1.82) is 0 Å². The van der Waals surface area contributed by atoms with E-state index in [2.05, 4.69) is 61.7 Å². The number of anilines is 4. The highest BCUT2D eigenvalue weighted by Crippen LogP contribution is 2.24. The minimum Gasteiger partial charge on any atom is -0.340 e. The molecule has 0 aliphatic carbocycles. The zero-order valence-corrected chi connectivity index (χ0v) is 15.5. The largest absolute Gasteiger partial charge is 0.340 e. The van der Waals surface area contributed by atoms with Gasteiger partial charge in [-0.3, -0.25) is 0 Å². The first-order chi connectivity index (χ1) is 11.5. The van der Waals surface area contributed by atoms with Gasteiger partial charge in [0.15, 0.2) is 0 Å². The third kappa shape index (κ3) is 4.11. The van der Waals surface area contributed by atoms with E-state index in [1.807, 2.05) is 44.2 Å². The quantitative estimate of drug-likeness (QED) is 0.611. The van der Waals surface area contributed by atoms with Gasteiger partial charge in [-0.1, -0.05) is 33.6 Å². The van der Waals surface area contributed by atoms with E-state index < -0.39 is 0 Å². The predicted molar refractivity (Wildman–Crippen MR) is 103 cm³/mol. The molecule has 2 N–H and O–H groups in total. The fourth-order valence-electron chi connectivity index (χ4n) is 2.36. The summed E-state index contributed by atoms with van der Waals surface area (Å²) in [5.41, 5.74) is 5.25. The molecule has 0 atom stereocenters. The van der Waals surface area contributed by atoms with Crippen molar-refractivity contribution in [3.8, 4) is 0 Å². The molecule has 24 heavy (non-hydrogen) atoms. The lowest BCUT2D eigenvalue weighted by atomic mass is 10.2. The average Bonchev–Trinajstić information content (AvgIpc) is 2.52. The van der Waals surface area contributed by atoms with Crippen molar-refractivity contribution in [1.82, 2.24) is 9.97 Å². The smallest absolute Gasteiger partial charge is 0.229 e. The van der Waals surface area contributed by atoms with Crippen molar-refractivity contribution >= 4 is 39.1 Å². The van der Waals surface area contributed by atoms with Crippen LogP contribution in [0.5, 0.6) is 0 Å². The average molecular weight is 383 g/mol. The number of aryl methyl sites for hydroxylation is 3. The topological polar surface area (TPSA) is 49.8 Å². The van der Waals surface area contributed by atoms with Crippen LogP contribution < -0.4 is 10.6 Å². The number of nitrogens with zero attached hydrogens (tertiary/aromatic N) is 2. The van der Waals surface area contributed by atoms with Gasteiger partial charge in [0.2, 0.25) is 5.95 Å². The van der Waals surface area contributed by atoms with Gasteiger partial charge in [-0.25, -0.2) is 4.98 Å². The molecule has 5 heteroatoms. The standard InChI is InChI=1S/C19H19BrN4/c1-12-4-7-16(8-5-12)22-18-11-14(3)21-19(24-18)23-17-9-6-15(20)10-13(17)2/h4-11H,1-3H3,(H2,21,22,23,24). The third-order valence-electron chi connectivity index (χ3n) is 3.61. The predicted octanol–water partition coefficient (Wildman–Crippen LogP) is 5.65. The van der Waals surface area contributed by atoms with Crippen molar-refractivity contribution in [3.63, 3.8) is 0 Å². The minimum absolute atomic E-state index is 0.579. The molecule has 0 fully saturated rings. The zero-order chi connectivity index (χ0) is 17.1. The van der Waals surface area contributed by atoms with Gasteiger partial charge in [0, 0.05) is 27.6 Å². The van der Waals surface area contributed by atoms with Crippen LogP contribution in [-0.4, -0.2) is 9.97 Å². The van der Waals surface area contributed by atoms with Crippen molar-refractivity contribution in [2.45, 2.75) is 20.8 Å². The van der Waals surface area contributed by atoms with Gasteiger partial charge in [0.25, 0.3) is 0 Å². The summed E-state index contributed by atoms with van der Waals surface area (Å²) in [5.74, 6) is 1.35. The van der Waals surface area contributed by atoms with Gasteiger partial charge in [0.05, 0.1) is 0 Å². The van der Waals surface area contributed by atoms with Gasteiger partial charge in [-0.2, -0.15) is 4.98 Å².